The summed E-state index contributed by atoms with van der Waals surface area (Å²) in [6.07, 6.45) is -4.42. The van der Waals surface area contributed by atoms with Crippen LogP contribution in [0.5, 0.6) is 0 Å². The highest BCUT2D eigenvalue weighted by atomic mass is 19.4. The third-order valence-corrected chi connectivity index (χ3v) is 2.79. The molecular weight excluding hydrogens is 271 g/mol. The Kier molecular flexibility index (Phi) is 3.52. The molecule has 2 rings (SSSR count). The Bertz CT molecular complexity index is 647. The van der Waals surface area contributed by atoms with Crippen LogP contribution in [0.25, 0.3) is 11.4 Å². The maximum Gasteiger partial charge on any atom is 0.416 e. The molecule has 0 spiro atoms. The van der Waals surface area contributed by atoms with E-state index < -0.39 is 17.6 Å². The van der Waals surface area contributed by atoms with Crippen molar-refractivity contribution in [1.82, 2.24) is 15.3 Å². The molecule has 20 heavy (non-hydrogen) atoms. The molecule has 0 atom stereocenters. The normalized spacial score (nSPS) is 11.4. The van der Waals surface area contributed by atoms with Crippen molar-refractivity contribution in [2.75, 3.05) is 7.05 Å². The van der Waals surface area contributed by atoms with Gasteiger partial charge in [-0.25, -0.2) is 4.98 Å². The molecule has 1 heterocycles. The summed E-state index contributed by atoms with van der Waals surface area (Å²) in [7, 11) is 1.46. The summed E-state index contributed by atoms with van der Waals surface area (Å²) in [4.78, 5) is 18.4. The van der Waals surface area contributed by atoms with Crippen LogP contribution in [0.1, 0.15) is 21.7 Å². The molecular formula is C13H12F3N3O. The smallest absolute Gasteiger partial charge is 0.354 e. The molecule has 0 fully saturated rings. The van der Waals surface area contributed by atoms with E-state index in [0.717, 1.165) is 12.1 Å². The Morgan fingerprint density at radius 1 is 1.35 bits per heavy atom. The number of amides is 1. The van der Waals surface area contributed by atoms with Gasteiger partial charge in [-0.15, -0.1) is 0 Å². The predicted molar refractivity (Wildman–Crippen MR) is 67.2 cm³/mol. The molecule has 4 nitrogen and oxygen atoms in total. The molecule has 0 saturated carbocycles. The summed E-state index contributed by atoms with van der Waals surface area (Å²) in [6, 6.07) is 4.78. The molecule has 106 valence electrons. The molecule has 2 N–H and O–H groups in total. The Labute approximate surface area is 113 Å². The van der Waals surface area contributed by atoms with Crippen LogP contribution in [-0.2, 0) is 6.18 Å². The summed E-state index contributed by atoms with van der Waals surface area (Å²) in [6.45, 7) is 1.63. The maximum absolute atomic E-state index is 12.7. The number of hydrogen-bond donors (Lipinski definition) is 2. The number of nitrogens with one attached hydrogen (secondary N) is 2. The molecule has 7 heteroatoms. The highest BCUT2D eigenvalue weighted by molar-refractivity contribution is 5.93. The fourth-order valence-electron chi connectivity index (χ4n) is 1.78. The lowest BCUT2D eigenvalue weighted by Gasteiger charge is -2.07. The van der Waals surface area contributed by atoms with Gasteiger partial charge in [-0.3, -0.25) is 4.79 Å². The second kappa shape index (κ2) is 4.99. The van der Waals surface area contributed by atoms with E-state index in [0.29, 0.717) is 5.69 Å². The number of imidazole rings is 1. The lowest BCUT2D eigenvalue weighted by molar-refractivity contribution is -0.137. The molecule has 0 bridgehead atoms. The van der Waals surface area contributed by atoms with Gasteiger partial charge in [0.1, 0.15) is 11.5 Å². The van der Waals surface area contributed by atoms with Crippen molar-refractivity contribution in [3.05, 3.63) is 41.2 Å². The average Bonchev–Trinajstić information content (AvgIpc) is 2.79. The first-order chi connectivity index (χ1) is 9.32. The highest BCUT2D eigenvalue weighted by Crippen LogP contribution is 2.31. The number of hydrogen-bond acceptors (Lipinski definition) is 2. The monoisotopic (exact) mass is 283 g/mol. The van der Waals surface area contributed by atoms with Crippen LogP contribution >= 0.6 is 0 Å². The number of benzene rings is 1. The van der Waals surface area contributed by atoms with Crippen molar-refractivity contribution in [1.29, 1.82) is 0 Å². The van der Waals surface area contributed by atoms with E-state index in [1.54, 1.807) is 6.92 Å². The van der Waals surface area contributed by atoms with E-state index in [4.69, 9.17) is 0 Å². The van der Waals surface area contributed by atoms with Gasteiger partial charge < -0.3 is 10.3 Å². The van der Waals surface area contributed by atoms with Crippen LogP contribution in [0.4, 0.5) is 13.2 Å². The van der Waals surface area contributed by atoms with Crippen LogP contribution < -0.4 is 5.32 Å². The molecule has 0 saturated heterocycles. The average molecular weight is 283 g/mol. The van der Waals surface area contributed by atoms with Crippen molar-refractivity contribution < 1.29 is 18.0 Å². The van der Waals surface area contributed by atoms with Crippen molar-refractivity contribution in [3.63, 3.8) is 0 Å². The van der Waals surface area contributed by atoms with E-state index in [9.17, 15) is 18.0 Å². The maximum atomic E-state index is 12.7. The summed E-state index contributed by atoms with van der Waals surface area (Å²) in [5.41, 5.74) is 0.181. The summed E-state index contributed by atoms with van der Waals surface area (Å²) >= 11 is 0. The zero-order valence-electron chi connectivity index (χ0n) is 10.8. The van der Waals surface area contributed by atoms with Gasteiger partial charge in [0.05, 0.1) is 5.56 Å². The van der Waals surface area contributed by atoms with Crippen LogP contribution in [0.3, 0.4) is 0 Å². The summed E-state index contributed by atoms with van der Waals surface area (Å²) < 4.78 is 38.0. The molecule has 0 aliphatic carbocycles. The van der Waals surface area contributed by atoms with E-state index in [1.807, 2.05) is 0 Å². The van der Waals surface area contributed by atoms with Crippen LogP contribution in [-0.4, -0.2) is 22.9 Å². The van der Waals surface area contributed by atoms with Crippen LogP contribution in [0.15, 0.2) is 24.3 Å². The Morgan fingerprint density at radius 2 is 2.05 bits per heavy atom. The van der Waals surface area contributed by atoms with Crippen molar-refractivity contribution >= 4 is 5.91 Å². The topological polar surface area (TPSA) is 57.8 Å². The zero-order valence-corrected chi connectivity index (χ0v) is 10.8. The van der Waals surface area contributed by atoms with Crippen LogP contribution in [0, 0.1) is 6.92 Å². The minimum atomic E-state index is -4.42. The van der Waals surface area contributed by atoms with E-state index in [2.05, 4.69) is 15.3 Å². The van der Waals surface area contributed by atoms with Crippen molar-refractivity contribution in [2.24, 2.45) is 0 Å². The highest BCUT2D eigenvalue weighted by Gasteiger charge is 2.30. The van der Waals surface area contributed by atoms with Crippen molar-refractivity contribution in [2.45, 2.75) is 13.1 Å². The molecule has 0 unspecified atom stereocenters. The Hall–Kier alpha value is -2.31. The first-order valence-electron chi connectivity index (χ1n) is 5.79. The van der Waals surface area contributed by atoms with Gasteiger partial charge in [-0.1, -0.05) is 12.1 Å². The lowest BCUT2D eigenvalue weighted by atomic mass is 10.1. The fourth-order valence-corrected chi connectivity index (χ4v) is 1.78. The van der Waals surface area contributed by atoms with Gasteiger partial charge in [0.15, 0.2) is 0 Å². The number of carbonyl (C=O) groups is 1. The third kappa shape index (κ3) is 2.66. The van der Waals surface area contributed by atoms with E-state index in [1.165, 1.54) is 19.2 Å². The van der Waals surface area contributed by atoms with E-state index in [-0.39, 0.29) is 17.1 Å². The van der Waals surface area contributed by atoms with Gasteiger partial charge in [0.2, 0.25) is 0 Å². The summed E-state index contributed by atoms with van der Waals surface area (Å²) in [5, 5.41) is 2.42. The summed E-state index contributed by atoms with van der Waals surface area (Å²) in [5.74, 6) is -0.163. The number of aromatic nitrogens is 2. The number of carbonyl (C=O) groups excluding carboxylic acids is 1. The number of rotatable bonds is 2. The molecule has 0 aliphatic heterocycles. The Morgan fingerprint density at radius 3 is 2.65 bits per heavy atom. The Balaban J connectivity index is 2.45. The number of H-pyrrole nitrogens is 1. The fraction of sp³-hybridized carbons (Fsp3) is 0.231. The lowest BCUT2D eigenvalue weighted by Crippen LogP contribution is -2.19. The van der Waals surface area contributed by atoms with Gasteiger partial charge in [-0.05, 0) is 19.1 Å². The minimum Gasteiger partial charge on any atom is -0.354 e. The quantitative estimate of drug-likeness (QED) is 0.890. The number of aryl methyl sites for hydroxylation is 1. The SMILES string of the molecule is CNC(=O)c1nc(-c2cccc(C(F)(F)F)c2)[nH]c1C. The third-order valence-electron chi connectivity index (χ3n) is 2.79. The van der Waals surface area contributed by atoms with E-state index >= 15 is 0 Å². The number of alkyl halides is 3. The first-order valence-corrected chi connectivity index (χ1v) is 5.79. The standard InChI is InChI=1S/C13H12F3N3O/c1-7-10(12(20)17-2)19-11(18-7)8-4-3-5-9(6-8)13(14,15)16/h3-6H,1-2H3,(H,17,20)(H,18,19). The molecule has 1 aromatic carbocycles. The molecule has 0 radical (unpaired) electrons. The second-order valence-electron chi connectivity index (χ2n) is 4.22. The minimum absolute atomic E-state index is 0.167. The molecule has 2 aromatic rings. The van der Waals surface area contributed by atoms with Gasteiger partial charge in [0, 0.05) is 18.3 Å². The number of aromatic amines is 1. The molecule has 1 amide bonds. The zero-order chi connectivity index (χ0) is 14.9. The molecule has 0 aliphatic rings. The first kappa shape index (κ1) is 14.1. The second-order valence-corrected chi connectivity index (χ2v) is 4.22. The van der Waals surface area contributed by atoms with Crippen molar-refractivity contribution in [3.8, 4) is 11.4 Å². The largest absolute Gasteiger partial charge is 0.416 e. The number of nitrogens with zero attached hydrogens (tertiary/aromatic N) is 1. The van der Waals surface area contributed by atoms with Gasteiger partial charge in [-0.2, -0.15) is 13.2 Å². The van der Waals surface area contributed by atoms with Crippen LogP contribution in [0.2, 0.25) is 0 Å². The molecule has 1 aromatic heterocycles. The van der Waals surface area contributed by atoms with Gasteiger partial charge in [0.25, 0.3) is 5.91 Å². The number of halogens is 3. The predicted octanol–water partition coefficient (Wildman–Crippen LogP) is 2.76. The van der Waals surface area contributed by atoms with Gasteiger partial charge >= 0.3 is 6.18 Å².